The topological polar surface area (TPSA) is 140 Å². The highest BCUT2D eigenvalue weighted by Gasteiger charge is 2.24. The van der Waals surface area contributed by atoms with Gasteiger partial charge >= 0.3 is 0 Å². The van der Waals surface area contributed by atoms with Crippen LogP contribution in [-0.2, 0) is 9.59 Å². The van der Waals surface area contributed by atoms with Crippen LogP contribution in [0, 0.1) is 0 Å². The van der Waals surface area contributed by atoms with E-state index in [1.54, 1.807) is 103 Å². The molecule has 5 aromatic carbocycles. The number of carbonyl (C=O) groups excluding carboxylic acids is 4. The first kappa shape index (κ1) is 33.2. The number of methoxy groups -OCH3 is 1. The summed E-state index contributed by atoms with van der Waals surface area (Å²) in [6, 6.07) is 38.5. The number of carbonyl (C=O) groups is 4. The van der Waals surface area contributed by atoms with Crippen LogP contribution in [0.15, 0.2) is 144 Å². The molecule has 10 heteroatoms. The Morgan fingerprint density at radius 1 is 0.750 bits per heavy atom. The highest BCUT2D eigenvalue weighted by molar-refractivity contribution is 8.00. The number of nitrogens with one attached hydrogen (secondary N) is 3. The van der Waals surface area contributed by atoms with E-state index in [1.807, 2.05) is 36.4 Å². The molecule has 0 aliphatic heterocycles. The van der Waals surface area contributed by atoms with Crippen LogP contribution in [0.5, 0.6) is 5.75 Å². The van der Waals surface area contributed by atoms with Crippen LogP contribution in [0.4, 0.5) is 11.4 Å². The summed E-state index contributed by atoms with van der Waals surface area (Å²) in [7, 11) is 1.53. The molecule has 0 radical (unpaired) electrons. The summed E-state index contributed by atoms with van der Waals surface area (Å²) in [6.07, 6.45) is 1.55. The van der Waals surface area contributed by atoms with Crippen molar-refractivity contribution in [2.24, 2.45) is 5.73 Å². The number of thioether (sulfide) groups is 1. The lowest BCUT2D eigenvalue weighted by Crippen LogP contribution is -2.30. The van der Waals surface area contributed by atoms with Gasteiger partial charge in [0.05, 0.1) is 18.4 Å². The first-order chi connectivity index (χ1) is 23.3. The summed E-state index contributed by atoms with van der Waals surface area (Å²) in [5, 5.41) is 7.74. The Balaban J connectivity index is 1.40. The lowest BCUT2D eigenvalue weighted by atomic mass is 10.1. The number of hydrogen-bond acceptors (Lipinski definition) is 6. The normalized spacial score (nSPS) is 11.6. The third-order valence-corrected chi connectivity index (χ3v) is 8.35. The fourth-order valence-electron chi connectivity index (χ4n) is 4.77. The predicted molar refractivity (Wildman–Crippen MR) is 189 cm³/mol. The standard InChI is InChI=1S/C38H32N4O5S/c1-47-33-22-11-8-17-27(33)23-32(42-36(44)26-15-6-3-7-16-26)37(45)40-28-18-12-19-29(24-28)48-34(25-13-4-2-5-14-25)38(46)41-31-21-10-9-20-30(31)35(39)43/h2-24,34H,1H3,(H2,39,43)(H,40,45)(H,41,46)(H,42,44)/b32-23+. The second kappa shape index (κ2) is 15.9. The second-order valence-corrected chi connectivity index (χ2v) is 11.6. The van der Waals surface area contributed by atoms with Crippen LogP contribution < -0.4 is 26.4 Å². The van der Waals surface area contributed by atoms with E-state index in [4.69, 9.17) is 10.5 Å². The van der Waals surface area contributed by atoms with Crippen LogP contribution in [0.25, 0.3) is 6.08 Å². The maximum atomic E-state index is 13.7. The minimum atomic E-state index is -0.718. The van der Waals surface area contributed by atoms with E-state index in [0.29, 0.717) is 33.1 Å². The molecule has 0 saturated carbocycles. The second-order valence-electron chi connectivity index (χ2n) is 10.4. The van der Waals surface area contributed by atoms with E-state index in [9.17, 15) is 19.2 Å². The van der Waals surface area contributed by atoms with Crippen molar-refractivity contribution in [3.05, 3.63) is 161 Å². The van der Waals surface area contributed by atoms with Gasteiger partial charge in [-0.2, -0.15) is 0 Å². The highest BCUT2D eigenvalue weighted by atomic mass is 32.2. The Hall–Kier alpha value is -6.13. The number of amides is 4. The van der Waals surface area contributed by atoms with Crippen molar-refractivity contribution in [2.45, 2.75) is 10.1 Å². The monoisotopic (exact) mass is 656 g/mol. The van der Waals surface area contributed by atoms with Crippen molar-refractivity contribution < 1.29 is 23.9 Å². The number of nitrogens with two attached hydrogens (primary N) is 1. The van der Waals surface area contributed by atoms with Gasteiger partial charge < -0.3 is 26.4 Å². The predicted octanol–water partition coefficient (Wildman–Crippen LogP) is 6.68. The molecular weight excluding hydrogens is 625 g/mol. The number of benzene rings is 5. The van der Waals surface area contributed by atoms with E-state index in [1.165, 1.54) is 18.9 Å². The number of primary amides is 1. The lowest BCUT2D eigenvalue weighted by Gasteiger charge is -2.18. The average Bonchev–Trinajstić information content (AvgIpc) is 3.11. The molecule has 4 amide bonds. The van der Waals surface area contributed by atoms with Gasteiger partial charge in [0.2, 0.25) is 5.91 Å². The van der Waals surface area contributed by atoms with Crippen LogP contribution in [-0.4, -0.2) is 30.7 Å². The Labute approximate surface area is 282 Å². The molecule has 5 aromatic rings. The lowest BCUT2D eigenvalue weighted by molar-refractivity contribution is -0.116. The molecule has 0 spiro atoms. The van der Waals surface area contributed by atoms with Gasteiger partial charge in [-0.15, -0.1) is 11.8 Å². The molecule has 0 heterocycles. The summed E-state index contributed by atoms with van der Waals surface area (Å²) in [6.45, 7) is 0. The summed E-state index contributed by atoms with van der Waals surface area (Å²) < 4.78 is 5.45. The van der Waals surface area contributed by atoms with Gasteiger partial charge in [-0.25, -0.2) is 0 Å². The first-order valence-corrected chi connectivity index (χ1v) is 15.7. The van der Waals surface area contributed by atoms with Gasteiger partial charge in [0.25, 0.3) is 17.7 Å². The van der Waals surface area contributed by atoms with Gasteiger partial charge in [0.1, 0.15) is 16.7 Å². The molecule has 48 heavy (non-hydrogen) atoms. The van der Waals surface area contributed by atoms with Crippen molar-refractivity contribution in [1.82, 2.24) is 5.32 Å². The zero-order valence-corrected chi connectivity index (χ0v) is 26.7. The largest absolute Gasteiger partial charge is 0.496 e. The molecule has 0 fully saturated rings. The molecule has 0 saturated heterocycles. The molecule has 240 valence electrons. The number of rotatable bonds is 12. The van der Waals surface area contributed by atoms with Crippen molar-refractivity contribution in [1.29, 1.82) is 0 Å². The average molecular weight is 657 g/mol. The zero-order valence-electron chi connectivity index (χ0n) is 25.9. The smallest absolute Gasteiger partial charge is 0.272 e. The van der Waals surface area contributed by atoms with E-state index in [2.05, 4.69) is 16.0 Å². The Morgan fingerprint density at radius 2 is 1.42 bits per heavy atom. The minimum Gasteiger partial charge on any atom is -0.496 e. The van der Waals surface area contributed by atoms with Crippen LogP contribution >= 0.6 is 11.8 Å². The maximum Gasteiger partial charge on any atom is 0.272 e. The number of anilines is 2. The van der Waals surface area contributed by atoms with Crippen molar-refractivity contribution in [3.8, 4) is 5.75 Å². The number of para-hydroxylation sites is 2. The van der Waals surface area contributed by atoms with Crippen molar-refractivity contribution in [3.63, 3.8) is 0 Å². The van der Waals surface area contributed by atoms with E-state index in [0.717, 1.165) is 5.56 Å². The molecule has 0 aliphatic carbocycles. The summed E-state index contributed by atoms with van der Waals surface area (Å²) in [5.41, 5.74) is 8.19. The first-order valence-electron chi connectivity index (χ1n) is 14.9. The zero-order chi connectivity index (χ0) is 33.9. The minimum absolute atomic E-state index is 0.000986. The van der Waals surface area contributed by atoms with Crippen LogP contribution in [0.1, 0.15) is 37.1 Å². The molecular formula is C38H32N4O5S. The fourth-order valence-corrected chi connectivity index (χ4v) is 5.85. The van der Waals surface area contributed by atoms with Crippen molar-refractivity contribution in [2.75, 3.05) is 17.7 Å². The Morgan fingerprint density at radius 3 is 2.15 bits per heavy atom. The molecule has 0 aliphatic rings. The van der Waals surface area contributed by atoms with Gasteiger partial charge in [-0.05, 0) is 60.2 Å². The molecule has 5 rings (SSSR count). The molecule has 0 bridgehead atoms. The molecule has 0 aromatic heterocycles. The molecule has 1 unspecified atom stereocenters. The Bertz CT molecular complexity index is 1960. The fraction of sp³-hybridized carbons (Fsp3) is 0.0526. The third kappa shape index (κ3) is 8.56. The summed E-state index contributed by atoms with van der Waals surface area (Å²) in [4.78, 5) is 53.1. The summed E-state index contributed by atoms with van der Waals surface area (Å²) in [5.74, 6) is -1.50. The number of hydrogen-bond donors (Lipinski definition) is 4. The SMILES string of the molecule is COc1ccccc1/C=C(/NC(=O)c1ccccc1)C(=O)Nc1cccc(SC(C(=O)Nc2ccccc2C(N)=O)c2ccccc2)c1. The third-order valence-electron chi connectivity index (χ3n) is 7.10. The van der Waals surface area contributed by atoms with Gasteiger partial charge in [-0.3, -0.25) is 19.2 Å². The molecule has 5 N–H and O–H groups in total. The van der Waals surface area contributed by atoms with E-state index >= 15 is 0 Å². The summed E-state index contributed by atoms with van der Waals surface area (Å²) >= 11 is 1.27. The number of ether oxygens (including phenoxy) is 1. The molecule has 9 nitrogen and oxygen atoms in total. The highest BCUT2D eigenvalue weighted by Crippen LogP contribution is 2.37. The molecule has 1 atom stereocenters. The van der Waals surface area contributed by atoms with E-state index < -0.39 is 23.0 Å². The van der Waals surface area contributed by atoms with Crippen LogP contribution in [0.2, 0.25) is 0 Å². The van der Waals surface area contributed by atoms with Gasteiger partial charge in [-0.1, -0.05) is 84.9 Å². The van der Waals surface area contributed by atoms with Crippen molar-refractivity contribution >= 4 is 52.8 Å². The Kier molecular flexibility index (Phi) is 11.0. The van der Waals surface area contributed by atoms with Gasteiger partial charge in [0.15, 0.2) is 0 Å². The quantitative estimate of drug-likeness (QED) is 0.0873. The van der Waals surface area contributed by atoms with Gasteiger partial charge in [0, 0.05) is 21.7 Å². The van der Waals surface area contributed by atoms with Crippen LogP contribution in [0.3, 0.4) is 0 Å². The maximum absolute atomic E-state index is 13.7. The van der Waals surface area contributed by atoms with E-state index in [-0.39, 0.29) is 17.2 Å².